The van der Waals surface area contributed by atoms with Crippen molar-refractivity contribution in [1.29, 1.82) is 0 Å². The maximum absolute atomic E-state index is 12.6. The molecular formula is C15H16ClN3O5S2. The highest BCUT2D eigenvalue weighted by Crippen LogP contribution is 2.23. The number of benzene rings is 1. The molecule has 0 bridgehead atoms. The first-order valence-electron chi connectivity index (χ1n) is 7.62. The summed E-state index contributed by atoms with van der Waals surface area (Å²) in [7, 11) is -7.61. The Kier molecular flexibility index (Phi) is 5.49. The molecule has 3 rings (SSSR count). The van der Waals surface area contributed by atoms with Crippen LogP contribution >= 0.6 is 11.6 Å². The van der Waals surface area contributed by atoms with E-state index >= 15 is 0 Å². The highest BCUT2D eigenvalue weighted by Gasteiger charge is 2.27. The molecule has 0 amide bonds. The number of morpholine rings is 1. The lowest BCUT2D eigenvalue weighted by molar-refractivity contribution is 0.0730. The summed E-state index contributed by atoms with van der Waals surface area (Å²) < 4.78 is 58.8. The first-order chi connectivity index (χ1) is 12.3. The van der Waals surface area contributed by atoms with Gasteiger partial charge in [-0.3, -0.25) is 4.72 Å². The van der Waals surface area contributed by atoms with Crippen molar-refractivity contribution in [3.63, 3.8) is 0 Å². The minimum absolute atomic E-state index is 0.0163. The Hall–Kier alpha value is -1.72. The summed E-state index contributed by atoms with van der Waals surface area (Å²) in [6, 6.07) is 8.03. The fourth-order valence-corrected chi connectivity index (χ4v) is 5.09. The van der Waals surface area contributed by atoms with Crippen LogP contribution in [0.25, 0.3) is 0 Å². The molecule has 140 valence electrons. The molecule has 0 unspecified atom stereocenters. The molecule has 1 aromatic heterocycles. The van der Waals surface area contributed by atoms with E-state index < -0.39 is 20.0 Å². The van der Waals surface area contributed by atoms with E-state index in [1.807, 2.05) is 0 Å². The van der Waals surface area contributed by atoms with Crippen LogP contribution in [0.5, 0.6) is 0 Å². The Morgan fingerprint density at radius 3 is 2.23 bits per heavy atom. The molecule has 0 radical (unpaired) electrons. The summed E-state index contributed by atoms with van der Waals surface area (Å²) in [5, 5.41) is 0.0163. The summed E-state index contributed by atoms with van der Waals surface area (Å²) in [6.45, 7) is 1.20. The van der Waals surface area contributed by atoms with Gasteiger partial charge in [0.1, 0.15) is 0 Å². The van der Waals surface area contributed by atoms with Crippen molar-refractivity contribution < 1.29 is 21.6 Å². The standard InChI is InChI=1S/C15H16ClN3O5S2/c16-15-14(2-1-7-17-15)18-25(20,21)12-3-5-13(6-4-12)26(22,23)19-8-10-24-11-9-19/h1-7,18H,8-11H2. The quantitative estimate of drug-likeness (QED) is 0.740. The molecule has 0 atom stereocenters. The Morgan fingerprint density at radius 2 is 1.62 bits per heavy atom. The van der Waals surface area contributed by atoms with E-state index in [0.29, 0.717) is 13.2 Å². The van der Waals surface area contributed by atoms with Crippen LogP contribution in [-0.4, -0.2) is 52.4 Å². The molecule has 11 heteroatoms. The van der Waals surface area contributed by atoms with Gasteiger partial charge in [0.2, 0.25) is 10.0 Å². The number of anilines is 1. The van der Waals surface area contributed by atoms with Gasteiger partial charge < -0.3 is 4.74 Å². The highest BCUT2D eigenvalue weighted by atomic mass is 35.5. The maximum Gasteiger partial charge on any atom is 0.261 e. The topological polar surface area (TPSA) is 106 Å². The third-order valence-electron chi connectivity index (χ3n) is 3.75. The van der Waals surface area contributed by atoms with E-state index in [1.165, 1.54) is 40.8 Å². The SMILES string of the molecule is O=S(=O)(Nc1cccnc1Cl)c1ccc(S(=O)(=O)N2CCOCC2)cc1. The zero-order chi connectivity index (χ0) is 18.8. The van der Waals surface area contributed by atoms with Gasteiger partial charge in [0.05, 0.1) is 28.7 Å². The van der Waals surface area contributed by atoms with E-state index in [1.54, 1.807) is 6.07 Å². The van der Waals surface area contributed by atoms with Crippen molar-refractivity contribution in [2.75, 3.05) is 31.0 Å². The first kappa shape index (κ1) is 19.1. The summed E-state index contributed by atoms with van der Waals surface area (Å²) in [5.74, 6) is 0. The zero-order valence-corrected chi connectivity index (χ0v) is 15.9. The fraction of sp³-hybridized carbons (Fsp3) is 0.267. The Morgan fingerprint density at radius 1 is 1.00 bits per heavy atom. The van der Waals surface area contributed by atoms with Crippen molar-refractivity contribution >= 4 is 37.3 Å². The predicted molar refractivity (Wildman–Crippen MR) is 96.1 cm³/mol. The second-order valence-corrected chi connectivity index (χ2v) is 9.41. The normalized spacial score (nSPS) is 16.3. The molecule has 1 saturated heterocycles. The molecule has 0 aliphatic carbocycles. The van der Waals surface area contributed by atoms with Gasteiger partial charge in [-0.25, -0.2) is 21.8 Å². The monoisotopic (exact) mass is 417 g/mol. The van der Waals surface area contributed by atoms with E-state index in [2.05, 4.69) is 9.71 Å². The van der Waals surface area contributed by atoms with Crippen LogP contribution in [-0.2, 0) is 24.8 Å². The predicted octanol–water partition coefficient (Wildman–Crippen LogP) is 1.56. The fourth-order valence-electron chi connectivity index (χ4n) is 2.39. The van der Waals surface area contributed by atoms with Crippen molar-refractivity contribution in [3.05, 3.63) is 47.7 Å². The Bertz CT molecular complexity index is 988. The van der Waals surface area contributed by atoms with Crippen molar-refractivity contribution in [1.82, 2.24) is 9.29 Å². The summed E-state index contributed by atoms with van der Waals surface area (Å²) in [5.41, 5.74) is 0.138. The number of sulfonamides is 2. The van der Waals surface area contributed by atoms with Crippen molar-refractivity contribution in [2.24, 2.45) is 0 Å². The number of rotatable bonds is 5. The summed E-state index contributed by atoms with van der Waals surface area (Å²) in [4.78, 5) is 3.74. The lowest BCUT2D eigenvalue weighted by Gasteiger charge is -2.26. The van der Waals surface area contributed by atoms with Gasteiger partial charge in [-0.1, -0.05) is 11.6 Å². The number of halogens is 1. The van der Waals surface area contributed by atoms with Gasteiger partial charge in [-0.05, 0) is 36.4 Å². The average Bonchev–Trinajstić information content (AvgIpc) is 2.64. The number of ether oxygens (including phenoxy) is 1. The van der Waals surface area contributed by atoms with Gasteiger partial charge in [-0.2, -0.15) is 4.31 Å². The van der Waals surface area contributed by atoms with Gasteiger partial charge in [0.15, 0.2) is 5.15 Å². The zero-order valence-electron chi connectivity index (χ0n) is 13.5. The van der Waals surface area contributed by atoms with Crippen LogP contribution < -0.4 is 4.72 Å². The molecule has 1 aliphatic heterocycles. The van der Waals surface area contributed by atoms with E-state index in [0.717, 1.165) is 0 Å². The smallest absolute Gasteiger partial charge is 0.261 e. The van der Waals surface area contributed by atoms with Gasteiger partial charge >= 0.3 is 0 Å². The minimum atomic E-state index is -3.93. The second-order valence-electron chi connectivity index (χ2n) is 5.44. The van der Waals surface area contributed by atoms with E-state index in [9.17, 15) is 16.8 Å². The van der Waals surface area contributed by atoms with Crippen LogP contribution in [0.4, 0.5) is 5.69 Å². The number of hydrogen-bond donors (Lipinski definition) is 1. The van der Waals surface area contributed by atoms with Crippen LogP contribution in [0.1, 0.15) is 0 Å². The van der Waals surface area contributed by atoms with Gasteiger partial charge in [-0.15, -0.1) is 0 Å². The summed E-state index contributed by atoms with van der Waals surface area (Å²) in [6.07, 6.45) is 1.44. The number of aromatic nitrogens is 1. The molecule has 1 N–H and O–H groups in total. The highest BCUT2D eigenvalue weighted by molar-refractivity contribution is 7.92. The van der Waals surface area contributed by atoms with Crippen LogP contribution in [0, 0.1) is 0 Å². The molecule has 1 aliphatic rings. The van der Waals surface area contributed by atoms with Crippen LogP contribution in [0.2, 0.25) is 5.15 Å². The maximum atomic E-state index is 12.6. The Balaban J connectivity index is 1.83. The number of pyridine rings is 1. The molecule has 0 saturated carbocycles. The first-order valence-corrected chi connectivity index (χ1v) is 10.9. The number of nitrogens with one attached hydrogen (secondary N) is 1. The van der Waals surface area contributed by atoms with Gasteiger partial charge in [0.25, 0.3) is 10.0 Å². The van der Waals surface area contributed by atoms with Crippen molar-refractivity contribution in [3.8, 4) is 0 Å². The third kappa shape index (κ3) is 3.99. The van der Waals surface area contributed by atoms with Crippen LogP contribution in [0.3, 0.4) is 0 Å². The molecule has 2 heterocycles. The van der Waals surface area contributed by atoms with Crippen LogP contribution in [0.15, 0.2) is 52.4 Å². The largest absolute Gasteiger partial charge is 0.379 e. The molecule has 1 fully saturated rings. The lowest BCUT2D eigenvalue weighted by Crippen LogP contribution is -2.40. The number of hydrogen-bond acceptors (Lipinski definition) is 6. The molecule has 2 aromatic rings. The molecule has 1 aromatic carbocycles. The number of nitrogens with zero attached hydrogens (tertiary/aromatic N) is 2. The minimum Gasteiger partial charge on any atom is -0.379 e. The second kappa shape index (κ2) is 7.49. The summed E-state index contributed by atoms with van der Waals surface area (Å²) >= 11 is 5.86. The molecular weight excluding hydrogens is 402 g/mol. The Labute approximate surface area is 156 Å². The van der Waals surface area contributed by atoms with E-state index in [4.69, 9.17) is 16.3 Å². The van der Waals surface area contributed by atoms with E-state index in [-0.39, 0.29) is 33.7 Å². The van der Waals surface area contributed by atoms with Gasteiger partial charge in [0, 0.05) is 19.3 Å². The molecule has 26 heavy (non-hydrogen) atoms. The molecule has 0 spiro atoms. The molecule has 8 nitrogen and oxygen atoms in total. The third-order valence-corrected chi connectivity index (χ3v) is 7.34. The lowest BCUT2D eigenvalue weighted by atomic mass is 10.4. The van der Waals surface area contributed by atoms with Crippen molar-refractivity contribution in [2.45, 2.75) is 9.79 Å². The average molecular weight is 418 g/mol.